The Morgan fingerprint density at radius 3 is 2.45 bits per heavy atom. The Bertz CT molecular complexity index is 465. The van der Waals surface area contributed by atoms with E-state index in [0.717, 1.165) is 18.5 Å². The number of methoxy groups -OCH3 is 1. The van der Waals surface area contributed by atoms with Crippen LogP contribution in [0.2, 0.25) is 0 Å². The van der Waals surface area contributed by atoms with Gasteiger partial charge >= 0.3 is 0 Å². The van der Waals surface area contributed by atoms with Crippen molar-refractivity contribution < 1.29 is 9.47 Å². The third-order valence-corrected chi connectivity index (χ3v) is 3.74. The molecule has 0 radical (unpaired) electrons. The van der Waals surface area contributed by atoms with Gasteiger partial charge < -0.3 is 14.9 Å². The molecule has 1 aliphatic heterocycles. The first-order chi connectivity index (χ1) is 9.41. The molecule has 2 heterocycles. The molecule has 1 saturated heterocycles. The number of anilines is 1. The third kappa shape index (κ3) is 2.92. The van der Waals surface area contributed by atoms with Crippen LogP contribution >= 0.6 is 0 Å². The number of rotatable bonds is 3. The molecule has 2 rings (SSSR count). The Labute approximate surface area is 120 Å². The van der Waals surface area contributed by atoms with Crippen LogP contribution < -0.4 is 11.3 Å². The summed E-state index contributed by atoms with van der Waals surface area (Å²) in [4.78, 5) is 9.24. The van der Waals surface area contributed by atoms with Crippen LogP contribution in [0, 0.1) is 0 Å². The number of ether oxygens (including phenoxy) is 2. The standard InChI is InChI=1S/C14H24N4O2/c1-13(2,3)10-9-11(18-15)17-12(16-10)14(19-4)5-7-20-8-6-14/h9H,5-8,15H2,1-4H3,(H,16,17,18). The molecule has 0 saturated carbocycles. The highest BCUT2D eigenvalue weighted by molar-refractivity contribution is 5.37. The fraction of sp³-hybridized carbons (Fsp3) is 0.714. The predicted octanol–water partition coefficient (Wildman–Crippen LogP) is 1.71. The minimum atomic E-state index is -0.481. The van der Waals surface area contributed by atoms with Crippen LogP contribution in [0.25, 0.3) is 0 Å². The molecule has 0 amide bonds. The molecule has 1 aliphatic rings. The van der Waals surface area contributed by atoms with Gasteiger partial charge in [0.15, 0.2) is 5.82 Å². The van der Waals surface area contributed by atoms with E-state index in [1.807, 2.05) is 6.07 Å². The minimum Gasteiger partial charge on any atom is -0.381 e. The van der Waals surface area contributed by atoms with Gasteiger partial charge in [0.2, 0.25) is 0 Å². The molecule has 0 atom stereocenters. The van der Waals surface area contributed by atoms with Crippen molar-refractivity contribution in [2.45, 2.75) is 44.6 Å². The van der Waals surface area contributed by atoms with Crippen LogP contribution in [0.4, 0.5) is 5.82 Å². The van der Waals surface area contributed by atoms with Gasteiger partial charge in [-0.1, -0.05) is 20.8 Å². The number of hydrogen-bond donors (Lipinski definition) is 2. The largest absolute Gasteiger partial charge is 0.381 e. The highest BCUT2D eigenvalue weighted by atomic mass is 16.5. The summed E-state index contributed by atoms with van der Waals surface area (Å²) in [6.07, 6.45) is 1.50. The van der Waals surface area contributed by atoms with Crippen molar-refractivity contribution >= 4 is 5.82 Å². The molecule has 1 aromatic rings. The van der Waals surface area contributed by atoms with Gasteiger partial charge in [-0.05, 0) is 0 Å². The lowest BCUT2D eigenvalue weighted by Crippen LogP contribution is -2.38. The lowest BCUT2D eigenvalue weighted by atomic mass is 9.89. The molecule has 3 N–H and O–H groups in total. The number of nitrogens with zero attached hydrogens (tertiary/aromatic N) is 2. The molecule has 0 aliphatic carbocycles. The highest BCUT2D eigenvalue weighted by Crippen LogP contribution is 2.35. The minimum absolute atomic E-state index is 0.0800. The summed E-state index contributed by atoms with van der Waals surface area (Å²) < 4.78 is 11.2. The van der Waals surface area contributed by atoms with Crippen molar-refractivity contribution in [2.24, 2.45) is 5.84 Å². The Kier molecular flexibility index (Phi) is 4.27. The topological polar surface area (TPSA) is 82.3 Å². The van der Waals surface area contributed by atoms with Crippen molar-refractivity contribution in [3.05, 3.63) is 17.6 Å². The molecule has 0 aromatic carbocycles. The Balaban J connectivity index is 2.49. The summed E-state index contributed by atoms with van der Waals surface area (Å²) >= 11 is 0. The average Bonchev–Trinajstić information content (AvgIpc) is 2.46. The van der Waals surface area contributed by atoms with E-state index in [0.29, 0.717) is 24.9 Å². The lowest BCUT2D eigenvalue weighted by Gasteiger charge is -2.35. The van der Waals surface area contributed by atoms with Gasteiger partial charge in [-0.15, -0.1) is 0 Å². The molecule has 1 fully saturated rings. The normalized spacial score (nSPS) is 18.9. The number of aromatic nitrogens is 2. The number of hydrogen-bond acceptors (Lipinski definition) is 6. The fourth-order valence-electron chi connectivity index (χ4n) is 2.33. The van der Waals surface area contributed by atoms with E-state index in [9.17, 15) is 0 Å². The summed E-state index contributed by atoms with van der Waals surface area (Å²) in [6, 6.07) is 1.88. The van der Waals surface area contributed by atoms with Crippen molar-refractivity contribution in [3.8, 4) is 0 Å². The van der Waals surface area contributed by atoms with Crippen LogP contribution in [0.5, 0.6) is 0 Å². The van der Waals surface area contributed by atoms with Gasteiger partial charge in [0.25, 0.3) is 0 Å². The smallest absolute Gasteiger partial charge is 0.163 e. The second kappa shape index (κ2) is 5.63. The Hall–Kier alpha value is -1.24. The van der Waals surface area contributed by atoms with Crippen LogP contribution in [0.15, 0.2) is 6.07 Å². The first-order valence-corrected chi connectivity index (χ1v) is 6.91. The zero-order chi connectivity index (χ0) is 14.8. The zero-order valence-corrected chi connectivity index (χ0v) is 12.7. The summed E-state index contributed by atoms with van der Waals surface area (Å²) in [6.45, 7) is 7.65. The number of hydrazine groups is 1. The average molecular weight is 280 g/mol. The van der Waals surface area contributed by atoms with E-state index in [1.54, 1.807) is 7.11 Å². The van der Waals surface area contributed by atoms with E-state index < -0.39 is 5.60 Å². The molecule has 20 heavy (non-hydrogen) atoms. The van der Waals surface area contributed by atoms with Crippen LogP contribution in [0.1, 0.15) is 45.1 Å². The maximum Gasteiger partial charge on any atom is 0.163 e. The van der Waals surface area contributed by atoms with E-state index in [-0.39, 0.29) is 5.41 Å². The molecule has 0 spiro atoms. The summed E-state index contributed by atoms with van der Waals surface area (Å²) in [5.41, 5.74) is 3.00. The SMILES string of the molecule is COC1(c2nc(NN)cc(C(C)(C)C)n2)CCOCC1. The fourth-order valence-corrected chi connectivity index (χ4v) is 2.33. The van der Waals surface area contributed by atoms with Gasteiger partial charge in [0.1, 0.15) is 11.4 Å². The Morgan fingerprint density at radius 2 is 1.95 bits per heavy atom. The molecule has 112 valence electrons. The lowest BCUT2D eigenvalue weighted by molar-refractivity contribution is -0.100. The van der Waals surface area contributed by atoms with Gasteiger partial charge in [-0.25, -0.2) is 15.8 Å². The number of nitrogens with two attached hydrogens (primary N) is 1. The third-order valence-electron chi connectivity index (χ3n) is 3.74. The van der Waals surface area contributed by atoms with E-state index in [1.165, 1.54) is 0 Å². The van der Waals surface area contributed by atoms with Crippen LogP contribution in [-0.4, -0.2) is 30.3 Å². The van der Waals surface area contributed by atoms with Crippen LogP contribution in [-0.2, 0) is 20.5 Å². The van der Waals surface area contributed by atoms with Crippen molar-refractivity contribution in [1.29, 1.82) is 0 Å². The van der Waals surface area contributed by atoms with E-state index >= 15 is 0 Å². The number of nitrogens with one attached hydrogen (secondary N) is 1. The van der Waals surface area contributed by atoms with Crippen LogP contribution in [0.3, 0.4) is 0 Å². The number of nitrogen functional groups attached to an aromatic ring is 1. The highest BCUT2D eigenvalue weighted by Gasteiger charge is 2.38. The molecule has 0 unspecified atom stereocenters. The monoisotopic (exact) mass is 280 g/mol. The van der Waals surface area contributed by atoms with Crippen molar-refractivity contribution in [3.63, 3.8) is 0 Å². The van der Waals surface area contributed by atoms with Gasteiger partial charge in [-0.2, -0.15) is 0 Å². The van der Waals surface area contributed by atoms with E-state index in [2.05, 4.69) is 31.2 Å². The summed E-state index contributed by atoms with van der Waals surface area (Å²) in [5.74, 6) is 6.84. The summed E-state index contributed by atoms with van der Waals surface area (Å²) in [5, 5.41) is 0. The molecule has 6 nitrogen and oxygen atoms in total. The Morgan fingerprint density at radius 1 is 1.30 bits per heavy atom. The maximum absolute atomic E-state index is 5.76. The molecular weight excluding hydrogens is 256 g/mol. The summed E-state index contributed by atoms with van der Waals surface area (Å²) in [7, 11) is 1.70. The molecule has 6 heteroatoms. The molecular formula is C14H24N4O2. The molecule has 1 aromatic heterocycles. The molecule has 0 bridgehead atoms. The van der Waals surface area contributed by atoms with Crippen molar-refractivity contribution in [1.82, 2.24) is 9.97 Å². The van der Waals surface area contributed by atoms with E-state index in [4.69, 9.17) is 20.3 Å². The maximum atomic E-state index is 5.76. The van der Waals surface area contributed by atoms with Gasteiger partial charge in [0.05, 0.1) is 5.69 Å². The second-order valence-electron chi connectivity index (χ2n) is 6.17. The zero-order valence-electron chi connectivity index (χ0n) is 12.7. The predicted molar refractivity (Wildman–Crippen MR) is 77.3 cm³/mol. The second-order valence-corrected chi connectivity index (χ2v) is 6.17. The van der Waals surface area contributed by atoms with Gasteiger partial charge in [0, 0.05) is 44.6 Å². The quantitative estimate of drug-likeness (QED) is 0.648. The van der Waals surface area contributed by atoms with Gasteiger partial charge in [-0.3, -0.25) is 0 Å². The first kappa shape index (κ1) is 15.2. The first-order valence-electron chi connectivity index (χ1n) is 6.91. The van der Waals surface area contributed by atoms with Crippen molar-refractivity contribution in [2.75, 3.05) is 25.7 Å².